The topological polar surface area (TPSA) is 69.6 Å². The summed E-state index contributed by atoms with van der Waals surface area (Å²) in [6.45, 7) is 2.31. The third-order valence-electron chi connectivity index (χ3n) is 2.20. The molecule has 0 amide bonds. The van der Waals surface area contributed by atoms with Crippen LogP contribution < -0.4 is 5.32 Å². The Morgan fingerprint density at radius 3 is 2.47 bits per heavy atom. The van der Waals surface area contributed by atoms with E-state index in [1.165, 1.54) is 0 Å². The Kier molecular flexibility index (Phi) is 4.12. The van der Waals surface area contributed by atoms with Crippen molar-refractivity contribution in [3.05, 3.63) is 29.8 Å². The summed E-state index contributed by atoms with van der Waals surface area (Å²) in [5.41, 5.74) is 0.951. The molecule has 0 aliphatic heterocycles. The Hall–Kier alpha value is -1.55. The van der Waals surface area contributed by atoms with Crippen molar-refractivity contribution < 1.29 is 15.0 Å². The number of aromatic hydroxyl groups is 1. The van der Waals surface area contributed by atoms with Crippen LogP contribution in [0.5, 0.6) is 5.75 Å². The summed E-state index contributed by atoms with van der Waals surface area (Å²) in [4.78, 5) is 10.7. The molecular weight excluding hydrogens is 194 g/mol. The minimum Gasteiger partial charge on any atom is -0.508 e. The summed E-state index contributed by atoms with van der Waals surface area (Å²) in [7, 11) is 0. The van der Waals surface area contributed by atoms with Gasteiger partial charge in [-0.1, -0.05) is 19.1 Å². The van der Waals surface area contributed by atoms with Gasteiger partial charge < -0.3 is 15.5 Å². The Labute approximate surface area is 88.6 Å². The maximum atomic E-state index is 10.7. The molecule has 0 spiro atoms. The SMILES string of the molecule is CCC(NCc1ccc(O)cc1)C(=O)O. The average Bonchev–Trinajstić information content (AvgIpc) is 2.21. The fourth-order valence-electron chi connectivity index (χ4n) is 1.26. The van der Waals surface area contributed by atoms with Crippen molar-refractivity contribution in [1.29, 1.82) is 0 Å². The number of aliphatic carboxylic acids is 1. The first kappa shape index (κ1) is 11.5. The molecule has 4 nitrogen and oxygen atoms in total. The Morgan fingerprint density at radius 1 is 1.40 bits per heavy atom. The highest BCUT2D eigenvalue weighted by molar-refractivity contribution is 5.73. The lowest BCUT2D eigenvalue weighted by molar-refractivity contribution is -0.139. The molecule has 1 rings (SSSR count). The second-order valence-corrected chi connectivity index (χ2v) is 3.35. The lowest BCUT2D eigenvalue weighted by Crippen LogP contribution is -2.35. The fraction of sp³-hybridized carbons (Fsp3) is 0.364. The lowest BCUT2D eigenvalue weighted by atomic mass is 10.2. The molecule has 0 saturated heterocycles. The molecule has 4 heteroatoms. The van der Waals surface area contributed by atoms with Crippen LogP contribution in [0.1, 0.15) is 18.9 Å². The standard InChI is InChI=1S/C11H15NO3/c1-2-10(11(14)15)12-7-8-3-5-9(13)6-4-8/h3-6,10,12-13H,2,7H2,1H3,(H,14,15). The quantitative estimate of drug-likeness (QED) is 0.684. The van der Waals surface area contributed by atoms with Crippen molar-refractivity contribution in [3.63, 3.8) is 0 Å². The average molecular weight is 209 g/mol. The molecule has 1 aromatic carbocycles. The smallest absolute Gasteiger partial charge is 0.320 e. The molecule has 0 fully saturated rings. The maximum absolute atomic E-state index is 10.7. The fourth-order valence-corrected chi connectivity index (χ4v) is 1.26. The summed E-state index contributed by atoms with van der Waals surface area (Å²) < 4.78 is 0. The first-order valence-corrected chi connectivity index (χ1v) is 4.87. The molecule has 15 heavy (non-hydrogen) atoms. The number of carbonyl (C=O) groups is 1. The highest BCUT2D eigenvalue weighted by Crippen LogP contribution is 2.09. The monoisotopic (exact) mass is 209 g/mol. The van der Waals surface area contributed by atoms with Gasteiger partial charge in [-0.3, -0.25) is 4.79 Å². The molecule has 0 radical (unpaired) electrons. The minimum absolute atomic E-state index is 0.212. The first-order chi connectivity index (χ1) is 7.13. The number of nitrogens with one attached hydrogen (secondary N) is 1. The van der Waals surface area contributed by atoms with Crippen LogP contribution in [0.15, 0.2) is 24.3 Å². The third kappa shape index (κ3) is 3.59. The lowest BCUT2D eigenvalue weighted by Gasteiger charge is -2.11. The molecule has 0 aliphatic rings. The number of carboxylic acids is 1. The third-order valence-corrected chi connectivity index (χ3v) is 2.20. The van der Waals surface area contributed by atoms with E-state index in [1.54, 1.807) is 24.3 Å². The molecule has 3 N–H and O–H groups in total. The summed E-state index contributed by atoms with van der Waals surface area (Å²) in [6, 6.07) is 6.17. The van der Waals surface area contributed by atoms with E-state index in [1.807, 2.05) is 6.92 Å². The van der Waals surface area contributed by atoms with E-state index in [0.717, 1.165) is 5.56 Å². The number of phenolic OH excluding ortho intramolecular Hbond substituents is 1. The van der Waals surface area contributed by atoms with E-state index in [-0.39, 0.29) is 5.75 Å². The van der Waals surface area contributed by atoms with E-state index in [9.17, 15) is 4.79 Å². The van der Waals surface area contributed by atoms with Gasteiger partial charge in [0.2, 0.25) is 0 Å². The molecular formula is C11H15NO3. The van der Waals surface area contributed by atoms with Gasteiger partial charge in [-0.2, -0.15) is 0 Å². The van der Waals surface area contributed by atoms with Gasteiger partial charge in [0.05, 0.1) is 0 Å². The zero-order valence-corrected chi connectivity index (χ0v) is 8.60. The highest BCUT2D eigenvalue weighted by atomic mass is 16.4. The van der Waals surface area contributed by atoms with E-state index >= 15 is 0 Å². The number of hydrogen-bond acceptors (Lipinski definition) is 3. The molecule has 0 heterocycles. The predicted octanol–water partition coefficient (Wildman–Crippen LogP) is 1.34. The Morgan fingerprint density at radius 2 is 2.00 bits per heavy atom. The summed E-state index contributed by atoms with van der Waals surface area (Å²) in [5, 5.41) is 20.8. The second kappa shape index (κ2) is 5.36. The summed E-state index contributed by atoms with van der Waals surface area (Å²) in [5.74, 6) is -0.625. The van der Waals surface area contributed by atoms with Gasteiger partial charge in [-0.25, -0.2) is 0 Å². The minimum atomic E-state index is -0.837. The number of benzene rings is 1. The molecule has 1 atom stereocenters. The molecule has 0 aliphatic carbocycles. The van der Waals surface area contributed by atoms with Crippen molar-refractivity contribution in [3.8, 4) is 5.75 Å². The zero-order valence-electron chi connectivity index (χ0n) is 8.60. The van der Waals surface area contributed by atoms with Gasteiger partial charge >= 0.3 is 5.97 Å². The van der Waals surface area contributed by atoms with Crippen molar-refractivity contribution in [1.82, 2.24) is 5.32 Å². The van der Waals surface area contributed by atoms with Crippen molar-refractivity contribution >= 4 is 5.97 Å². The van der Waals surface area contributed by atoms with E-state index < -0.39 is 12.0 Å². The van der Waals surface area contributed by atoms with Crippen molar-refractivity contribution in [2.24, 2.45) is 0 Å². The first-order valence-electron chi connectivity index (χ1n) is 4.87. The van der Waals surface area contributed by atoms with Crippen LogP contribution in [0.2, 0.25) is 0 Å². The normalized spacial score (nSPS) is 12.3. The van der Waals surface area contributed by atoms with E-state index in [2.05, 4.69) is 5.32 Å². The summed E-state index contributed by atoms with van der Waals surface area (Å²) in [6.07, 6.45) is 0.549. The van der Waals surface area contributed by atoms with Gasteiger partial charge in [0, 0.05) is 6.54 Å². The van der Waals surface area contributed by atoms with Crippen LogP contribution in [0.4, 0.5) is 0 Å². The van der Waals surface area contributed by atoms with Gasteiger partial charge in [0.1, 0.15) is 11.8 Å². The van der Waals surface area contributed by atoms with Crippen LogP contribution in [-0.4, -0.2) is 22.2 Å². The molecule has 0 saturated carbocycles. The Balaban J connectivity index is 2.49. The predicted molar refractivity (Wildman–Crippen MR) is 56.7 cm³/mol. The number of carboxylic acid groups (broad SMARTS) is 1. The van der Waals surface area contributed by atoms with Gasteiger partial charge in [0.25, 0.3) is 0 Å². The van der Waals surface area contributed by atoms with Gasteiger partial charge in [-0.05, 0) is 24.1 Å². The molecule has 1 unspecified atom stereocenters. The maximum Gasteiger partial charge on any atom is 0.320 e. The van der Waals surface area contributed by atoms with E-state index in [4.69, 9.17) is 10.2 Å². The highest BCUT2D eigenvalue weighted by Gasteiger charge is 2.13. The molecule has 82 valence electrons. The van der Waals surface area contributed by atoms with Crippen LogP contribution in [0, 0.1) is 0 Å². The van der Waals surface area contributed by atoms with Crippen LogP contribution in [0.25, 0.3) is 0 Å². The number of phenols is 1. The van der Waals surface area contributed by atoms with Gasteiger partial charge in [-0.15, -0.1) is 0 Å². The van der Waals surface area contributed by atoms with Crippen LogP contribution >= 0.6 is 0 Å². The molecule has 0 aromatic heterocycles. The van der Waals surface area contributed by atoms with Gasteiger partial charge in [0.15, 0.2) is 0 Å². The largest absolute Gasteiger partial charge is 0.508 e. The molecule has 1 aromatic rings. The van der Waals surface area contributed by atoms with Crippen molar-refractivity contribution in [2.45, 2.75) is 25.9 Å². The number of hydrogen-bond donors (Lipinski definition) is 3. The summed E-state index contributed by atoms with van der Waals surface area (Å²) >= 11 is 0. The van der Waals surface area contributed by atoms with Crippen molar-refractivity contribution in [2.75, 3.05) is 0 Å². The Bertz CT molecular complexity index is 321. The van der Waals surface area contributed by atoms with Crippen LogP contribution in [-0.2, 0) is 11.3 Å². The zero-order chi connectivity index (χ0) is 11.3. The second-order valence-electron chi connectivity index (χ2n) is 3.35. The van der Waals surface area contributed by atoms with Crippen LogP contribution in [0.3, 0.4) is 0 Å². The van der Waals surface area contributed by atoms with E-state index in [0.29, 0.717) is 13.0 Å². The molecule has 0 bridgehead atoms. The number of rotatable bonds is 5.